The van der Waals surface area contributed by atoms with E-state index in [9.17, 15) is 14.4 Å². The van der Waals surface area contributed by atoms with Gasteiger partial charge in [-0.3, -0.25) is 14.4 Å². The lowest BCUT2D eigenvalue weighted by atomic mass is 9.81. The third-order valence-corrected chi connectivity index (χ3v) is 8.25. The van der Waals surface area contributed by atoms with Gasteiger partial charge >= 0.3 is 0 Å². The highest BCUT2D eigenvalue weighted by molar-refractivity contribution is 7.10. The molecule has 2 atom stereocenters. The lowest BCUT2D eigenvalue weighted by Crippen LogP contribution is -2.53. The molecule has 1 aromatic heterocycles. The van der Waals surface area contributed by atoms with Crippen LogP contribution in [0.5, 0.6) is 0 Å². The van der Waals surface area contributed by atoms with Crippen LogP contribution in [-0.2, 0) is 9.53 Å². The van der Waals surface area contributed by atoms with E-state index in [-0.39, 0.29) is 23.6 Å². The monoisotopic (exact) mass is 517 g/mol. The molecule has 37 heavy (non-hydrogen) atoms. The highest BCUT2D eigenvalue weighted by Gasteiger charge is 2.46. The summed E-state index contributed by atoms with van der Waals surface area (Å²) in [7, 11) is 1.62. The molecule has 3 aromatic rings. The normalized spacial score (nSPS) is 19.6. The number of carbonyl (C=O) groups is 3. The predicted molar refractivity (Wildman–Crippen MR) is 144 cm³/mol. The third-order valence-electron chi connectivity index (χ3n) is 7.31. The topological polar surface area (TPSA) is 70.2 Å². The van der Waals surface area contributed by atoms with Crippen molar-refractivity contribution < 1.29 is 19.1 Å². The van der Waals surface area contributed by atoms with Crippen LogP contribution in [0.4, 0.5) is 5.69 Å². The summed E-state index contributed by atoms with van der Waals surface area (Å²) in [6.45, 7) is 4.98. The third kappa shape index (κ3) is 4.91. The Hall–Kier alpha value is -3.49. The van der Waals surface area contributed by atoms with Crippen LogP contribution < -0.4 is 4.90 Å². The Bertz CT molecular complexity index is 1270. The fourth-order valence-corrected chi connectivity index (χ4v) is 6.23. The number of Topliss-reactive ketones (excluding diaryl/α,β-unsaturated/α-hetero) is 1. The first-order chi connectivity index (χ1) is 18.0. The van der Waals surface area contributed by atoms with Gasteiger partial charge < -0.3 is 19.4 Å². The first-order valence-corrected chi connectivity index (χ1v) is 13.4. The number of nitrogens with zero attached hydrogens (tertiary/aromatic N) is 3. The van der Waals surface area contributed by atoms with E-state index in [0.717, 1.165) is 16.1 Å². The summed E-state index contributed by atoms with van der Waals surface area (Å²) in [5, 5.41) is 1.99. The van der Waals surface area contributed by atoms with Crippen molar-refractivity contribution in [2.75, 3.05) is 51.3 Å². The van der Waals surface area contributed by atoms with Crippen LogP contribution in [0.25, 0.3) is 0 Å². The Morgan fingerprint density at radius 1 is 0.973 bits per heavy atom. The van der Waals surface area contributed by atoms with E-state index in [0.29, 0.717) is 50.5 Å². The van der Waals surface area contributed by atoms with Crippen molar-refractivity contribution in [3.05, 3.63) is 87.6 Å². The maximum atomic E-state index is 14.2. The summed E-state index contributed by atoms with van der Waals surface area (Å²) in [6.07, 6.45) is 0. The molecule has 1 fully saturated rings. The van der Waals surface area contributed by atoms with Crippen molar-refractivity contribution >= 4 is 34.6 Å². The first-order valence-electron chi connectivity index (χ1n) is 12.6. The molecule has 0 bridgehead atoms. The summed E-state index contributed by atoms with van der Waals surface area (Å²) in [5.41, 5.74) is 3.13. The van der Waals surface area contributed by atoms with Crippen molar-refractivity contribution in [2.24, 2.45) is 0 Å². The van der Waals surface area contributed by atoms with Crippen LogP contribution >= 0.6 is 11.3 Å². The minimum atomic E-state index is -0.481. The molecule has 1 saturated heterocycles. The zero-order valence-corrected chi connectivity index (χ0v) is 21.9. The second kappa shape index (κ2) is 10.9. The molecule has 8 heteroatoms. The Labute approximate surface area is 221 Å². The first kappa shape index (κ1) is 25.2. The lowest BCUT2D eigenvalue weighted by molar-refractivity contribution is -0.135. The van der Waals surface area contributed by atoms with E-state index < -0.39 is 5.92 Å². The molecule has 0 aliphatic carbocycles. The molecular weight excluding hydrogens is 486 g/mol. The molecule has 2 aromatic carbocycles. The second-order valence-corrected chi connectivity index (χ2v) is 10.4. The number of anilines is 1. The number of amides is 2. The molecular formula is C29H31N3O4S. The van der Waals surface area contributed by atoms with Gasteiger partial charge in [-0.25, -0.2) is 0 Å². The van der Waals surface area contributed by atoms with Crippen LogP contribution in [0.15, 0.2) is 66.0 Å². The van der Waals surface area contributed by atoms with Gasteiger partial charge in [-0.15, -0.1) is 11.3 Å². The van der Waals surface area contributed by atoms with E-state index in [4.69, 9.17) is 4.74 Å². The maximum absolute atomic E-state index is 14.2. The van der Waals surface area contributed by atoms with Gasteiger partial charge in [0, 0.05) is 61.5 Å². The lowest BCUT2D eigenvalue weighted by Gasteiger charge is -2.44. The number of ketones is 1. The second-order valence-electron chi connectivity index (χ2n) is 9.43. The number of thiophene rings is 1. The van der Waals surface area contributed by atoms with Crippen LogP contribution in [0.3, 0.4) is 0 Å². The van der Waals surface area contributed by atoms with Gasteiger partial charge in [0.1, 0.15) is 0 Å². The molecule has 2 aliphatic rings. The number of methoxy groups -OCH3 is 1. The predicted octanol–water partition coefficient (Wildman–Crippen LogP) is 4.23. The fraction of sp³-hybridized carbons (Fsp3) is 0.345. The molecule has 7 nitrogen and oxygen atoms in total. The standard InChI is InChI=1S/C29H31N3O4S/c1-20(33)21-9-11-22(12-10-21)30-13-15-31(16-14-30)29(35)26-23-6-3-4-7-24(23)28(34)32(17-18-36-2)27(26)25-8-5-19-37-25/h3-12,19,26-27H,13-18H2,1-2H3/t26-,27+/m1/s1. The van der Waals surface area contributed by atoms with E-state index in [1.165, 1.54) is 0 Å². The number of ether oxygens (including phenoxy) is 1. The van der Waals surface area contributed by atoms with Gasteiger partial charge in [-0.2, -0.15) is 0 Å². The Morgan fingerprint density at radius 2 is 1.70 bits per heavy atom. The molecule has 3 heterocycles. The minimum absolute atomic E-state index is 0.0485. The number of fused-ring (bicyclic) bond motifs is 1. The summed E-state index contributed by atoms with van der Waals surface area (Å²) >= 11 is 1.57. The van der Waals surface area contributed by atoms with Crippen LogP contribution in [-0.4, -0.2) is 73.8 Å². The maximum Gasteiger partial charge on any atom is 0.254 e. The van der Waals surface area contributed by atoms with Crippen molar-refractivity contribution in [3.8, 4) is 0 Å². The molecule has 192 valence electrons. The quantitative estimate of drug-likeness (QED) is 0.439. The average molecular weight is 518 g/mol. The molecule has 0 saturated carbocycles. The van der Waals surface area contributed by atoms with Gasteiger partial charge in [-0.1, -0.05) is 24.3 Å². The van der Waals surface area contributed by atoms with Crippen LogP contribution in [0.1, 0.15) is 50.0 Å². The molecule has 2 aliphatic heterocycles. The van der Waals surface area contributed by atoms with Gasteiger partial charge in [0.2, 0.25) is 5.91 Å². The Balaban J connectivity index is 1.41. The number of hydrogen-bond acceptors (Lipinski definition) is 6. The fourth-order valence-electron chi connectivity index (χ4n) is 5.36. The summed E-state index contributed by atoms with van der Waals surface area (Å²) < 4.78 is 5.32. The number of piperazine rings is 1. The van der Waals surface area contributed by atoms with Gasteiger partial charge in [0.05, 0.1) is 18.6 Å². The van der Waals surface area contributed by atoms with Crippen molar-refractivity contribution in [3.63, 3.8) is 0 Å². The Morgan fingerprint density at radius 3 is 2.35 bits per heavy atom. The van der Waals surface area contributed by atoms with Crippen molar-refractivity contribution in [1.29, 1.82) is 0 Å². The van der Waals surface area contributed by atoms with E-state index >= 15 is 0 Å². The molecule has 5 rings (SSSR count). The zero-order chi connectivity index (χ0) is 25.9. The number of hydrogen-bond donors (Lipinski definition) is 0. The molecule has 0 radical (unpaired) electrons. The smallest absolute Gasteiger partial charge is 0.254 e. The largest absolute Gasteiger partial charge is 0.383 e. The molecule has 2 amide bonds. The van der Waals surface area contributed by atoms with Gasteiger partial charge in [0.15, 0.2) is 5.78 Å². The Kier molecular flexibility index (Phi) is 7.39. The van der Waals surface area contributed by atoms with E-state index in [1.54, 1.807) is 25.4 Å². The van der Waals surface area contributed by atoms with Crippen LogP contribution in [0.2, 0.25) is 0 Å². The average Bonchev–Trinajstić information content (AvgIpc) is 3.47. The zero-order valence-electron chi connectivity index (χ0n) is 21.1. The highest BCUT2D eigenvalue weighted by Crippen LogP contribution is 2.45. The highest BCUT2D eigenvalue weighted by atomic mass is 32.1. The van der Waals surface area contributed by atoms with Gasteiger partial charge in [0.25, 0.3) is 5.91 Å². The molecule has 0 unspecified atom stereocenters. The van der Waals surface area contributed by atoms with E-state index in [1.807, 2.05) is 75.8 Å². The number of benzene rings is 2. The molecule has 0 spiro atoms. The van der Waals surface area contributed by atoms with Crippen molar-refractivity contribution in [2.45, 2.75) is 18.9 Å². The van der Waals surface area contributed by atoms with Gasteiger partial charge in [-0.05, 0) is 54.3 Å². The molecule has 0 N–H and O–H groups in total. The summed E-state index contributed by atoms with van der Waals surface area (Å²) in [5.74, 6) is -0.444. The summed E-state index contributed by atoms with van der Waals surface area (Å²) in [6, 6.07) is 18.8. The van der Waals surface area contributed by atoms with Crippen molar-refractivity contribution in [1.82, 2.24) is 9.80 Å². The van der Waals surface area contributed by atoms with Crippen LogP contribution in [0, 0.1) is 0 Å². The minimum Gasteiger partial charge on any atom is -0.383 e. The number of rotatable bonds is 7. The number of carbonyl (C=O) groups excluding carboxylic acids is 3. The van der Waals surface area contributed by atoms with E-state index in [2.05, 4.69) is 4.90 Å². The summed E-state index contributed by atoms with van der Waals surface area (Å²) in [4.78, 5) is 46.4. The SMILES string of the molecule is COCCN1C(=O)c2ccccc2[C@@H](C(=O)N2CCN(c3ccc(C(C)=O)cc3)CC2)[C@@H]1c1cccs1.